The molecule has 5 amide bonds. The second-order valence-electron chi connectivity index (χ2n) is 18.2. The summed E-state index contributed by atoms with van der Waals surface area (Å²) in [4.78, 5) is 75.3. The number of methoxy groups -OCH3 is 1. The van der Waals surface area contributed by atoms with Crippen LogP contribution in [0.3, 0.4) is 0 Å². The third-order valence-electron chi connectivity index (χ3n) is 12.7. The third-order valence-corrected chi connectivity index (χ3v) is 13.5. The molecular formula is C44H57BN6O10S. The predicted octanol–water partition coefficient (Wildman–Crippen LogP) is 5.77. The van der Waals surface area contributed by atoms with E-state index in [1.165, 1.54) is 12.0 Å². The Morgan fingerprint density at radius 2 is 1.79 bits per heavy atom. The highest BCUT2D eigenvalue weighted by Crippen LogP contribution is 2.65. The maximum atomic E-state index is 14.8. The molecule has 2 aliphatic heterocycles. The summed E-state index contributed by atoms with van der Waals surface area (Å²) in [5, 5.41) is 10.3. The van der Waals surface area contributed by atoms with Crippen LogP contribution in [0.15, 0.2) is 53.9 Å². The second kappa shape index (κ2) is 17.9. The number of amides is 5. The van der Waals surface area contributed by atoms with Crippen molar-refractivity contribution in [3.8, 4) is 5.75 Å². The third kappa shape index (κ3) is 9.42. The predicted molar refractivity (Wildman–Crippen MR) is 231 cm³/mol. The zero-order valence-electron chi connectivity index (χ0n) is 36.6. The number of likely N-dealkylation sites (N-methyl/N-ethyl adjacent to an activating group) is 1. The molecule has 0 radical (unpaired) electrons. The first kappa shape index (κ1) is 44.8. The normalized spacial score (nSPS) is 23.6. The molecule has 2 saturated heterocycles. The summed E-state index contributed by atoms with van der Waals surface area (Å²) in [5.41, 5.74) is 0.403. The number of hydrogen-bond acceptors (Lipinski definition) is 12. The van der Waals surface area contributed by atoms with Crippen LogP contribution in [-0.4, -0.2) is 108 Å². The molecule has 3 aliphatic carbocycles. The first-order valence-electron chi connectivity index (χ1n) is 21.2. The number of anilines is 1. The lowest BCUT2D eigenvalue weighted by atomic mass is 9.43. The van der Waals surface area contributed by atoms with Crippen LogP contribution < -0.4 is 20.7 Å². The van der Waals surface area contributed by atoms with Gasteiger partial charge in [0.05, 0.1) is 30.4 Å². The molecule has 6 atom stereocenters. The van der Waals surface area contributed by atoms with E-state index in [1.807, 2.05) is 37.3 Å². The number of nitrogens with one attached hydrogen (secondary N) is 3. The topological polar surface area (TPSA) is 187 Å². The fourth-order valence-electron chi connectivity index (χ4n) is 9.30. The van der Waals surface area contributed by atoms with E-state index in [1.54, 1.807) is 49.3 Å². The SMILES string of the molecule is CCN1CCN(C(=O)NC(C(=O)NC(Cc2cccc(C(=O)OC(C)(C)C)c2OC)B2OC3CC4CC(C4(C)C)[C@]3(C)O2)c2csc(NC(=O)OCc3ccccc3)n2)CC1=O. The van der Waals surface area contributed by atoms with E-state index in [2.05, 4.69) is 41.7 Å². The summed E-state index contributed by atoms with van der Waals surface area (Å²) < 4.78 is 30.6. The molecule has 3 heterocycles. The molecule has 2 bridgehead atoms. The van der Waals surface area contributed by atoms with Crippen molar-refractivity contribution in [2.45, 2.75) is 104 Å². The van der Waals surface area contributed by atoms with Gasteiger partial charge in [-0.1, -0.05) is 56.3 Å². The molecule has 5 unspecified atom stereocenters. The molecule has 16 nitrogen and oxygen atoms in total. The Morgan fingerprint density at radius 1 is 1.03 bits per heavy atom. The van der Waals surface area contributed by atoms with Gasteiger partial charge in [0.25, 0.3) is 0 Å². The van der Waals surface area contributed by atoms with Crippen molar-refractivity contribution in [3.05, 3.63) is 76.3 Å². The van der Waals surface area contributed by atoms with Gasteiger partial charge in [-0.2, -0.15) is 0 Å². The lowest BCUT2D eigenvalue weighted by molar-refractivity contribution is -0.199. The maximum absolute atomic E-state index is 14.8. The molecule has 332 valence electrons. The number of urea groups is 1. The first-order chi connectivity index (χ1) is 29.4. The number of rotatable bonds is 13. The fourth-order valence-corrected chi connectivity index (χ4v) is 10.0. The zero-order chi connectivity index (χ0) is 44.6. The number of carbonyl (C=O) groups is 5. The van der Waals surface area contributed by atoms with Gasteiger partial charge in [-0.05, 0) is 88.3 Å². The van der Waals surface area contributed by atoms with Gasteiger partial charge in [-0.3, -0.25) is 14.9 Å². The first-order valence-corrected chi connectivity index (χ1v) is 22.1. The number of benzene rings is 2. The van der Waals surface area contributed by atoms with Gasteiger partial charge in [0.15, 0.2) is 11.2 Å². The van der Waals surface area contributed by atoms with Crippen molar-refractivity contribution < 1.29 is 47.5 Å². The van der Waals surface area contributed by atoms with Crippen LogP contribution in [0.4, 0.5) is 14.7 Å². The average molecular weight is 873 g/mol. The number of thiazole rings is 1. The Labute approximate surface area is 366 Å². The van der Waals surface area contributed by atoms with E-state index >= 15 is 0 Å². The number of esters is 1. The summed E-state index contributed by atoms with van der Waals surface area (Å²) in [5.74, 6) is -1.31. The number of para-hydroxylation sites is 1. The average Bonchev–Trinajstić information content (AvgIpc) is 3.84. The number of carbonyl (C=O) groups excluding carboxylic acids is 5. The van der Waals surface area contributed by atoms with E-state index in [4.69, 9.17) is 23.5 Å². The molecule has 0 spiro atoms. The summed E-state index contributed by atoms with van der Waals surface area (Å²) in [6.07, 6.45) is 0.951. The molecule has 2 aromatic carbocycles. The van der Waals surface area contributed by atoms with Crippen LogP contribution in [0.5, 0.6) is 5.75 Å². The van der Waals surface area contributed by atoms with Crippen LogP contribution in [0.1, 0.15) is 94.5 Å². The molecule has 1 aromatic heterocycles. The monoisotopic (exact) mass is 872 g/mol. The van der Waals surface area contributed by atoms with Crippen LogP contribution >= 0.6 is 11.3 Å². The van der Waals surface area contributed by atoms with E-state index in [0.29, 0.717) is 24.6 Å². The van der Waals surface area contributed by atoms with Crippen molar-refractivity contribution in [2.24, 2.45) is 17.3 Å². The zero-order valence-corrected chi connectivity index (χ0v) is 37.5. The number of piperazine rings is 1. The van der Waals surface area contributed by atoms with Gasteiger partial charge < -0.3 is 44.0 Å². The molecule has 8 rings (SSSR count). The molecule has 62 heavy (non-hydrogen) atoms. The second-order valence-corrected chi connectivity index (χ2v) is 19.1. The highest BCUT2D eigenvalue weighted by molar-refractivity contribution is 7.13. The Balaban J connectivity index is 1.18. The van der Waals surface area contributed by atoms with E-state index in [0.717, 1.165) is 29.7 Å². The Bertz CT molecular complexity index is 2170. The van der Waals surface area contributed by atoms with E-state index in [-0.39, 0.29) is 71.6 Å². The number of nitrogens with zero attached hydrogens (tertiary/aromatic N) is 3. The highest BCUT2D eigenvalue weighted by Gasteiger charge is 2.68. The number of hydrogen-bond donors (Lipinski definition) is 3. The van der Waals surface area contributed by atoms with E-state index < -0.39 is 54.3 Å². The summed E-state index contributed by atoms with van der Waals surface area (Å²) >= 11 is 1.05. The van der Waals surface area contributed by atoms with E-state index in [9.17, 15) is 24.0 Å². The smallest absolute Gasteiger partial charge is 0.482 e. The molecule has 5 fully saturated rings. The van der Waals surface area contributed by atoms with Gasteiger partial charge in [-0.15, -0.1) is 11.3 Å². The summed E-state index contributed by atoms with van der Waals surface area (Å²) in [6, 6.07) is 12.3. The van der Waals surface area contributed by atoms with Crippen LogP contribution in [-0.2, 0) is 41.4 Å². The minimum absolute atomic E-state index is 0.0347. The minimum Gasteiger partial charge on any atom is -0.496 e. The number of aromatic nitrogens is 1. The van der Waals surface area contributed by atoms with Crippen molar-refractivity contribution in [3.63, 3.8) is 0 Å². The molecule has 5 aliphatic rings. The lowest BCUT2D eigenvalue weighted by Gasteiger charge is -2.64. The summed E-state index contributed by atoms with van der Waals surface area (Å²) in [6.45, 7) is 14.8. The summed E-state index contributed by atoms with van der Waals surface area (Å²) in [7, 11) is 0.539. The largest absolute Gasteiger partial charge is 0.496 e. The number of ether oxygens (including phenoxy) is 3. The van der Waals surface area contributed by atoms with Crippen molar-refractivity contribution >= 4 is 53.5 Å². The van der Waals surface area contributed by atoms with Crippen LogP contribution in [0.2, 0.25) is 0 Å². The molecular weight excluding hydrogens is 815 g/mol. The van der Waals surface area contributed by atoms with Gasteiger partial charge in [-0.25, -0.2) is 19.4 Å². The molecule has 3 saturated carbocycles. The molecule has 3 N–H and O–H groups in total. The molecule has 18 heteroatoms. The minimum atomic E-state index is -1.39. The maximum Gasteiger partial charge on any atom is 0.482 e. The van der Waals surface area contributed by atoms with Crippen molar-refractivity contribution in [2.75, 3.05) is 38.6 Å². The van der Waals surface area contributed by atoms with Crippen molar-refractivity contribution in [1.82, 2.24) is 25.4 Å². The standard InChI is InChI=1S/C44H57BN6O10S/c1-9-50-18-19-51(23-34(50)52)40(55)48-35(30-25-62-39(46-30)49-41(56)58-24-26-14-11-10-12-15-26)37(53)47-33(45-60-32-22-28-21-31(43(28,5)6)44(32,7)61-45)20-27-16-13-17-29(36(27)57-8)38(54)59-42(2,3)4/h10-17,25,28,31-33,35H,9,18-24H2,1-8H3,(H,47,53)(H,48,55)(H,46,49,56)/t28?,31?,32?,33?,35?,44-/m0/s1. The van der Waals surface area contributed by atoms with Crippen LogP contribution in [0.25, 0.3) is 0 Å². The highest BCUT2D eigenvalue weighted by atomic mass is 32.1. The van der Waals surface area contributed by atoms with Gasteiger partial charge in [0.1, 0.15) is 30.1 Å². The van der Waals surface area contributed by atoms with Gasteiger partial charge in [0, 0.05) is 25.0 Å². The molecule has 3 aromatic rings. The Hall–Kier alpha value is -5.20. The van der Waals surface area contributed by atoms with Gasteiger partial charge >= 0.3 is 25.2 Å². The Morgan fingerprint density at radius 3 is 2.47 bits per heavy atom. The van der Waals surface area contributed by atoms with Gasteiger partial charge in [0.2, 0.25) is 11.8 Å². The van der Waals surface area contributed by atoms with Crippen molar-refractivity contribution in [1.29, 1.82) is 0 Å². The quantitative estimate of drug-likeness (QED) is 0.140. The Kier molecular flexibility index (Phi) is 12.9. The van der Waals surface area contributed by atoms with Crippen LogP contribution in [0, 0.1) is 17.3 Å². The lowest BCUT2D eigenvalue weighted by Crippen LogP contribution is -2.65. The fraction of sp³-hybridized carbons (Fsp3) is 0.545.